The Morgan fingerprint density at radius 1 is 1.39 bits per heavy atom. The third-order valence-electron chi connectivity index (χ3n) is 4.47. The third-order valence-corrected chi connectivity index (χ3v) is 5.51. The molecular formula is C17H23N3O2S. The minimum absolute atomic E-state index is 0.0193. The number of anilines is 1. The first kappa shape index (κ1) is 16.3. The lowest BCUT2D eigenvalue weighted by Gasteiger charge is -2.35. The van der Waals surface area contributed by atoms with Crippen LogP contribution in [0.1, 0.15) is 12.8 Å². The van der Waals surface area contributed by atoms with Gasteiger partial charge in [0.15, 0.2) is 0 Å². The zero-order chi connectivity index (χ0) is 16.2. The number of fused-ring (bicyclic) bond motifs is 1. The van der Waals surface area contributed by atoms with Crippen molar-refractivity contribution in [2.24, 2.45) is 5.92 Å². The average molecular weight is 333 g/mol. The first-order chi connectivity index (χ1) is 11.2. The summed E-state index contributed by atoms with van der Waals surface area (Å²) in [5, 5.41) is 3.19. The highest BCUT2D eigenvalue weighted by atomic mass is 32.2. The van der Waals surface area contributed by atoms with Crippen LogP contribution in [0, 0.1) is 5.92 Å². The van der Waals surface area contributed by atoms with Crippen molar-refractivity contribution in [3.05, 3.63) is 24.3 Å². The molecule has 1 fully saturated rings. The molecule has 2 aliphatic rings. The van der Waals surface area contributed by atoms with Gasteiger partial charge in [0, 0.05) is 18.0 Å². The maximum atomic E-state index is 12.7. The monoisotopic (exact) mass is 333 g/mol. The number of rotatable bonds is 4. The molecule has 23 heavy (non-hydrogen) atoms. The Hall–Kier alpha value is -1.53. The van der Waals surface area contributed by atoms with E-state index in [1.54, 1.807) is 16.7 Å². The summed E-state index contributed by atoms with van der Waals surface area (Å²) in [5.41, 5.74) is 0.867. The number of carbonyl (C=O) groups excluding carboxylic acids is 2. The van der Waals surface area contributed by atoms with E-state index in [2.05, 4.69) is 5.32 Å². The van der Waals surface area contributed by atoms with Gasteiger partial charge in [-0.3, -0.25) is 9.59 Å². The Labute approximate surface area is 141 Å². The first-order valence-corrected chi connectivity index (χ1v) is 9.12. The van der Waals surface area contributed by atoms with E-state index in [0.717, 1.165) is 43.1 Å². The van der Waals surface area contributed by atoms with Gasteiger partial charge in [-0.05, 0) is 44.5 Å². The molecule has 1 aromatic rings. The molecule has 0 aromatic heterocycles. The molecule has 0 radical (unpaired) electrons. The van der Waals surface area contributed by atoms with E-state index in [1.807, 2.05) is 36.2 Å². The second-order valence-electron chi connectivity index (χ2n) is 6.14. The van der Waals surface area contributed by atoms with Crippen LogP contribution >= 0.6 is 11.8 Å². The summed E-state index contributed by atoms with van der Waals surface area (Å²) in [6.45, 7) is 2.68. The van der Waals surface area contributed by atoms with E-state index in [-0.39, 0.29) is 18.4 Å². The molecule has 1 atom stereocenters. The second-order valence-corrected chi connectivity index (χ2v) is 7.16. The van der Waals surface area contributed by atoms with Gasteiger partial charge in [0.25, 0.3) is 0 Å². The summed E-state index contributed by atoms with van der Waals surface area (Å²) in [6, 6.07) is 7.81. The molecule has 124 valence electrons. The van der Waals surface area contributed by atoms with Crippen LogP contribution in [0.2, 0.25) is 0 Å². The number of para-hydroxylation sites is 1. The molecule has 1 N–H and O–H groups in total. The van der Waals surface area contributed by atoms with E-state index < -0.39 is 0 Å². The summed E-state index contributed by atoms with van der Waals surface area (Å²) in [4.78, 5) is 29.6. The molecule has 1 unspecified atom stereocenters. The lowest BCUT2D eigenvalue weighted by atomic mass is 9.98. The third kappa shape index (κ3) is 3.70. The maximum Gasteiger partial charge on any atom is 0.242 e. The number of likely N-dealkylation sites (tertiary alicyclic amines) is 1. The van der Waals surface area contributed by atoms with Gasteiger partial charge in [0.2, 0.25) is 11.8 Å². The van der Waals surface area contributed by atoms with Crippen LogP contribution < -0.4 is 10.2 Å². The molecule has 1 aromatic carbocycles. The topological polar surface area (TPSA) is 52.7 Å². The van der Waals surface area contributed by atoms with Crippen molar-refractivity contribution in [2.45, 2.75) is 17.7 Å². The Kier molecular flexibility index (Phi) is 5.23. The van der Waals surface area contributed by atoms with Gasteiger partial charge in [0.05, 0.1) is 11.4 Å². The van der Waals surface area contributed by atoms with Gasteiger partial charge in [-0.25, -0.2) is 0 Å². The normalized spacial score (nSPS) is 21.3. The van der Waals surface area contributed by atoms with E-state index in [9.17, 15) is 9.59 Å². The highest BCUT2D eigenvalue weighted by Crippen LogP contribution is 2.34. The molecule has 3 rings (SSSR count). The predicted molar refractivity (Wildman–Crippen MR) is 92.7 cm³/mol. The first-order valence-electron chi connectivity index (χ1n) is 8.13. The molecule has 2 amide bonds. The average Bonchev–Trinajstić information content (AvgIpc) is 2.58. The van der Waals surface area contributed by atoms with Gasteiger partial charge < -0.3 is 15.1 Å². The fraction of sp³-hybridized carbons (Fsp3) is 0.529. The zero-order valence-electron chi connectivity index (χ0n) is 13.5. The van der Waals surface area contributed by atoms with E-state index >= 15 is 0 Å². The summed E-state index contributed by atoms with van der Waals surface area (Å²) in [6.07, 6.45) is 2.20. The lowest BCUT2D eigenvalue weighted by molar-refractivity contribution is -0.132. The fourth-order valence-corrected chi connectivity index (χ4v) is 4.25. The Bertz CT molecular complexity index is 591. The number of hydrogen-bond acceptors (Lipinski definition) is 4. The van der Waals surface area contributed by atoms with E-state index in [0.29, 0.717) is 11.7 Å². The van der Waals surface area contributed by atoms with Crippen LogP contribution in [-0.4, -0.2) is 55.7 Å². The van der Waals surface area contributed by atoms with E-state index in [4.69, 9.17) is 0 Å². The van der Waals surface area contributed by atoms with Crippen molar-refractivity contribution in [3.8, 4) is 0 Å². The van der Waals surface area contributed by atoms with Crippen molar-refractivity contribution in [1.82, 2.24) is 10.2 Å². The highest BCUT2D eigenvalue weighted by molar-refractivity contribution is 8.00. The van der Waals surface area contributed by atoms with Crippen LogP contribution in [-0.2, 0) is 9.59 Å². The minimum Gasteiger partial charge on any atom is -0.341 e. The van der Waals surface area contributed by atoms with E-state index in [1.165, 1.54) is 0 Å². The Morgan fingerprint density at radius 3 is 3.04 bits per heavy atom. The van der Waals surface area contributed by atoms with Crippen LogP contribution in [0.4, 0.5) is 5.69 Å². The molecule has 0 spiro atoms. The largest absolute Gasteiger partial charge is 0.341 e. The molecule has 0 saturated carbocycles. The number of benzene rings is 1. The smallest absolute Gasteiger partial charge is 0.242 e. The highest BCUT2D eigenvalue weighted by Gasteiger charge is 2.29. The number of carbonyl (C=O) groups is 2. The molecular weight excluding hydrogens is 310 g/mol. The van der Waals surface area contributed by atoms with Gasteiger partial charge >= 0.3 is 0 Å². The Balaban J connectivity index is 1.69. The van der Waals surface area contributed by atoms with Crippen molar-refractivity contribution in [2.75, 3.05) is 43.9 Å². The van der Waals surface area contributed by atoms with Crippen LogP contribution in [0.15, 0.2) is 29.2 Å². The van der Waals surface area contributed by atoms with Gasteiger partial charge in [-0.2, -0.15) is 0 Å². The van der Waals surface area contributed by atoms with Gasteiger partial charge in [0.1, 0.15) is 6.54 Å². The van der Waals surface area contributed by atoms with Gasteiger partial charge in [-0.15, -0.1) is 11.8 Å². The van der Waals surface area contributed by atoms with Crippen LogP contribution in [0.3, 0.4) is 0 Å². The maximum absolute atomic E-state index is 12.7. The van der Waals surface area contributed by atoms with Crippen LogP contribution in [0.5, 0.6) is 0 Å². The lowest BCUT2D eigenvalue weighted by Crippen LogP contribution is -2.48. The molecule has 2 heterocycles. The molecule has 5 nitrogen and oxygen atoms in total. The summed E-state index contributed by atoms with van der Waals surface area (Å²) in [5.74, 6) is 0.997. The van der Waals surface area contributed by atoms with Crippen LogP contribution in [0.25, 0.3) is 0 Å². The zero-order valence-corrected chi connectivity index (χ0v) is 14.3. The number of nitrogens with zero attached hydrogens (tertiary/aromatic N) is 2. The SMILES string of the molecule is CNCC1CCCN(C(=O)CN2C(=O)CSc3ccccc32)C1. The number of nitrogens with one attached hydrogen (secondary N) is 1. The molecule has 2 aliphatic heterocycles. The Morgan fingerprint density at radius 2 is 2.22 bits per heavy atom. The fourth-order valence-electron chi connectivity index (χ4n) is 3.31. The molecule has 1 saturated heterocycles. The summed E-state index contributed by atoms with van der Waals surface area (Å²) >= 11 is 1.55. The standard InChI is InChI=1S/C17H23N3O2S/c1-18-9-13-5-4-8-19(10-13)16(21)11-20-14-6-2-3-7-15(14)23-12-17(20)22/h2-3,6-7,13,18H,4-5,8-12H2,1H3. The minimum atomic E-state index is 0.0193. The molecule has 6 heteroatoms. The summed E-state index contributed by atoms with van der Waals surface area (Å²) in [7, 11) is 1.95. The van der Waals surface area contributed by atoms with Crippen molar-refractivity contribution < 1.29 is 9.59 Å². The number of hydrogen-bond donors (Lipinski definition) is 1. The quantitative estimate of drug-likeness (QED) is 0.909. The number of thioether (sulfide) groups is 1. The molecule has 0 aliphatic carbocycles. The molecule has 0 bridgehead atoms. The van der Waals surface area contributed by atoms with Gasteiger partial charge in [-0.1, -0.05) is 12.1 Å². The number of piperidine rings is 1. The number of amides is 2. The van der Waals surface area contributed by atoms with Crippen molar-refractivity contribution >= 4 is 29.3 Å². The predicted octanol–water partition coefficient (Wildman–Crippen LogP) is 1.58. The van der Waals surface area contributed by atoms with Crippen molar-refractivity contribution in [3.63, 3.8) is 0 Å². The summed E-state index contributed by atoms with van der Waals surface area (Å²) < 4.78 is 0. The second kappa shape index (κ2) is 7.36. The van der Waals surface area contributed by atoms with Crippen molar-refractivity contribution in [1.29, 1.82) is 0 Å².